The fourth-order valence-electron chi connectivity index (χ4n) is 4.13. The third-order valence-corrected chi connectivity index (χ3v) is 5.68. The Kier molecular flexibility index (Phi) is 7.88. The normalized spacial score (nSPS) is 15.9. The van der Waals surface area contributed by atoms with Gasteiger partial charge in [0.15, 0.2) is 0 Å². The van der Waals surface area contributed by atoms with Crippen LogP contribution in [0.15, 0.2) is 30.5 Å². The van der Waals surface area contributed by atoms with Crippen LogP contribution in [0.3, 0.4) is 0 Å². The number of carbonyl (C=O) groups excluding carboxylic acids is 1. The topological polar surface area (TPSA) is 47.4 Å². The molecule has 0 N–H and O–H groups in total. The minimum Gasteiger partial charge on any atom is -0.381 e. The molecule has 5 nitrogen and oxygen atoms in total. The quantitative estimate of drug-likeness (QED) is 0.464. The lowest BCUT2D eigenvalue weighted by Gasteiger charge is -2.25. The Labute approximate surface area is 200 Å². The molecule has 3 rings (SSSR count). The van der Waals surface area contributed by atoms with E-state index in [-0.39, 0.29) is 15.9 Å². The van der Waals surface area contributed by atoms with Gasteiger partial charge in [-0.15, -0.1) is 0 Å². The summed E-state index contributed by atoms with van der Waals surface area (Å²) in [7, 11) is 0. The summed E-state index contributed by atoms with van der Waals surface area (Å²) in [5, 5.41) is 0. The third-order valence-electron chi connectivity index (χ3n) is 5.68. The van der Waals surface area contributed by atoms with Crippen molar-refractivity contribution in [2.45, 2.75) is 57.9 Å². The predicted molar refractivity (Wildman–Crippen MR) is 118 cm³/mol. The predicted octanol–water partition coefficient (Wildman–Crippen LogP) is 5.84. The maximum atomic E-state index is 12.9. The number of amides is 1. The third kappa shape index (κ3) is 7.71. The molecule has 0 bridgehead atoms. The Bertz CT molecular complexity index is 1000. The number of hydrogen-bond acceptors (Lipinski definition) is 3. The highest BCUT2D eigenvalue weighted by molar-refractivity contribution is 5.95. The average molecular weight is 506 g/mol. The van der Waals surface area contributed by atoms with Gasteiger partial charge in [-0.25, -0.2) is 4.98 Å². The van der Waals surface area contributed by atoms with Gasteiger partial charge in [0.25, 0.3) is 5.91 Å². The Balaban J connectivity index is 1.92. The van der Waals surface area contributed by atoms with E-state index in [2.05, 4.69) is 0 Å². The molecule has 0 spiro atoms. The van der Waals surface area contributed by atoms with Crippen molar-refractivity contribution in [1.82, 2.24) is 14.5 Å². The zero-order valence-electron chi connectivity index (χ0n) is 19.8. The molecule has 1 saturated heterocycles. The summed E-state index contributed by atoms with van der Waals surface area (Å²) >= 11 is 0. The number of benzene rings is 1. The maximum Gasteiger partial charge on any atom is 0.406 e. The average Bonchev–Trinajstić information content (AvgIpc) is 3.16. The SMILES string of the molecule is CC(C)(C)c1nc(-c2cccc(C(=O)N(CC(F)(F)F)CC(F)(F)F)c2)cn1CC1CCOCC1. The van der Waals surface area contributed by atoms with Crippen molar-refractivity contribution in [3.63, 3.8) is 0 Å². The van der Waals surface area contributed by atoms with E-state index < -0.39 is 31.3 Å². The summed E-state index contributed by atoms with van der Waals surface area (Å²) in [5.74, 6) is -0.149. The number of imidazole rings is 1. The number of rotatable bonds is 6. The highest BCUT2D eigenvalue weighted by Gasteiger charge is 2.40. The molecule has 1 aromatic carbocycles. The van der Waals surface area contributed by atoms with Crippen molar-refractivity contribution in [2.24, 2.45) is 5.92 Å². The van der Waals surface area contributed by atoms with Gasteiger partial charge in [0.05, 0.1) is 5.69 Å². The second kappa shape index (κ2) is 10.2. The molecule has 1 fully saturated rings. The summed E-state index contributed by atoms with van der Waals surface area (Å²) in [5.41, 5.74) is 0.348. The monoisotopic (exact) mass is 505 g/mol. The Morgan fingerprint density at radius 2 is 1.66 bits per heavy atom. The lowest BCUT2D eigenvalue weighted by Crippen LogP contribution is -2.44. The van der Waals surface area contributed by atoms with E-state index in [9.17, 15) is 31.1 Å². The van der Waals surface area contributed by atoms with Crippen LogP contribution in [-0.2, 0) is 16.7 Å². The van der Waals surface area contributed by atoms with Crippen molar-refractivity contribution in [2.75, 3.05) is 26.3 Å². The van der Waals surface area contributed by atoms with Crippen LogP contribution < -0.4 is 0 Å². The van der Waals surface area contributed by atoms with E-state index in [0.29, 0.717) is 36.9 Å². The zero-order valence-corrected chi connectivity index (χ0v) is 19.8. The maximum absolute atomic E-state index is 12.9. The molecule has 35 heavy (non-hydrogen) atoms. The van der Waals surface area contributed by atoms with Gasteiger partial charge in [0.2, 0.25) is 0 Å². The Hall–Kier alpha value is -2.56. The number of aromatic nitrogens is 2. The van der Waals surface area contributed by atoms with Gasteiger partial charge in [-0.1, -0.05) is 32.9 Å². The van der Waals surface area contributed by atoms with E-state index in [1.165, 1.54) is 18.2 Å². The van der Waals surface area contributed by atoms with E-state index >= 15 is 0 Å². The molecule has 2 aromatic rings. The number of hydrogen-bond donors (Lipinski definition) is 0. The van der Waals surface area contributed by atoms with Crippen molar-refractivity contribution in [3.8, 4) is 11.3 Å². The molecule has 0 atom stereocenters. The lowest BCUT2D eigenvalue weighted by molar-refractivity contribution is -0.171. The van der Waals surface area contributed by atoms with Crippen LogP contribution in [0.25, 0.3) is 11.3 Å². The molecular weight excluding hydrogens is 476 g/mol. The molecule has 2 heterocycles. The number of halogens is 6. The number of carbonyl (C=O) groups is 1. The van der Waals surface area contributed by atoms with Gasteiger partial charge in [-0.3, -0.25) is 4.79 Å². The summed E-state index contributed by atoms with van der Waals surface area (Å²) < 4.78 is 84.7. The van der Waals surface area contributed by atoms with Crippen LogP contribution in [-0.4, -0.2) is 59.0 Å². The zero-order chi connectivity index (χ0) is 26.0. The van der Waals surface area contributed by atoms with Gasteiger partial charge >= 0.3 is 12.4 Å². The molecule has 194 valence electrons. The minimum absolute atomic E-state index is 0.233. The van der Waals surface area contributed by atoms with Crippen LogP contribution in [0.2, 0.25) is 0 Å². The molecular formula is C24H29F6N3O2. The van der Waals surface area contributed by atoms with E-state index in [0.717, 1.165) is 18.7 Å². The van der Waals surface area contributed by atoms with Gasteiger partial charge < -0.3 is 14.2 Å². The van der Waals surface area contributed by atoms with Crippen LogP contribution in [0, 0.1) is 5.92 Å². The second-order valence-corrected chi connectivity index (χ2v) is 9.88. The molecule has 11 heteroatoms. The summed E-state index contributed by atoms with van der Waals surface area (Å²) in [6, 6.07) is 5.54. The highest BCUT2D eigenvalue weighted by atomic mass is 19.4. The molecule has 0 radical (unpaired) electrons. The summed E-state index contributed by atoms with van der Waals surface area (Å²) in [6.07, 6.45) is -6.29. The second-order valence-electron chi connectivity index (χ2n) is 9.88. The fourth-order valence-corrected chi connectivity index (χ4v) is 4.13. The van der Waals surface area contributed by atoms with Gasteiger partial charge in [-0.2, -0.15) is 26.3 Å². The molecule has 0 saturated carbocycles. The van der Waals surface area contributed by atoms with E-state index in [1.807, 2.05) is 31.5 Å². The number of alkyl halides is 6. The smallest absolute Gasteiger partial charge is 0.381 e. The Morgan fingerprint density at radius 3 is 2.20 bits per heavy atom. The summed E-state index contributed by atoms with van der Waals surface area (Å²) in [6.45, 7) is 4.11. The highest BCUT2D eigenvalue weighted by Crippen LogP contribution is 2.30. The molecule has 0 aliphatic carbocycles. The van der Waals surface area contributed by atoms with Crippen molar-refractivity contribution in [1.29, 1.82) is 0 Å². The van der Waals surface area contributed by atoms with Crippen LogP contribution in [0.4, 0.5) is 26.3 Å². The number of nitrogens with zero attached hydrogens (tertiary/aromatic N) is 3. The number of ether oxygens (including phenoxy) is 1. The van der Waals surface area contributed by atoms with E-state index in [4.69, 9.17) is 9.72 Å². The van der Waals surface area contributed by atoms with Crippen molar-refractivity contribution < 1.29 is 35.9 Å². The molecule has 1 aliphatic rings. The first-order chi connectivity index (χ1) is 16.1. The van der Waals surface area contributed by atoms with Crippen LogP contribution in [0.1, 0.15) is 49.8 Å². The minimum atomic E-state index is -4.97. The van der Waals surface area contributed by atoms with Crippen molar-refractivity contribution >= 4 is 5.91 Å². The standard InChI is InChI=1S/C24H29F6N3O2/c1-22(2,3)21-31-19(13-32(21)12-16-7-9-35-10-8-16)17-5-4-6-18(11-17)20(34)33(14-23(25,26)27)15-24(28,29)30/h4-6,11,13,16H,7-10,12,14-15H2,1-3H3. The molecule has 1 aliphatic heterocycles. The van der Waals surface area contributed by atoms with Gasteiger partial charge in [0.1, 0.15) is 18.9 Å². The van der Waals surface area contributed by atoms with Gasteiger partial charge in [0, 0.05) is 42.5 Å². The largest absolute Gasteiger partial charge is 0.406 e. The first-order valence-corrected chi connectivity index (χ1v) is 11.3. The van der Waals surface area contributed by atoms with Crippen LogP contribution >= 0.6 is 0 Å². The van der Waals surface area contributed by atoms with Crippen molar-refractivity contribution in [3.05, 3.63) is 41.9 Å². The van der Waals surface area contributed by atoms with E-state index in [1.54, 1.807) is 6.07 Å². The summed E-state index contributed by atoms with van der Waals surface area (Å²) in [4.78, 5) is 17.2. The van der Waals surface area contributed by atoms with Crippen LogP contribution in [0.5, 0.6) is 0 Å². The first kappa shape index (κ1) is 27.0. The first-order valence-electron chi connectivity index (χ1n) is 11.3. The molecule has 0 unspecified atom stereocenters. The molecule has 1 aromatic heterocycles. The molecule has 1 amide bonds. The fraction of sp³-hybridized carbons (Fsp3) is 0.583. The van der Waals surface area contributed by atoms with Gasteiger partial charge in [-0.05, 0) is 30.9 Å². The Morgan fingerprint density at radius 1 is 1.06 bits per heavy atom. The lowest BCUT2D eigenvalue weighted by atomic mass is 9.94.